The molecule has 7 heteroatoms. The first kappa shape index (κ1) is 18.5. The van der Waals surface area contributed by atoms with Gasteiger partial charge in [0.15, 0.2) is 0 Å². The van der Waals surface area contributed by atoms with Crippen molar-refractivity contribution >= 4 is 17.2 Å². The number of nitrogens with zero attached hydrogens (tertiary/aromatic N) is 5. The summed E-state index contributed by atoms with van der Waals surface area (Å²) in [5.41, 5.74) is 2.47. The van der Waals surface area contributed by atoms with Crippen LogP contribution in [0.25, 0.3) is 16.3 Å². The Bertz CT molecular complexity index is 1010. The van der Waals surface area contributed by atoms with Crippen molar-refractivity contribution in [3.63, 3.8) is 0 Å². The first-order valence-electron chi connectivity index (χ1n) is 10.2. The number of hydrogen-bond acceptors (Lipinski definition) is 5. The van der Waals surface area contributed by atoms with Crippen LogP contribution < -0.4 is 0 Å². The van der Waals surface area contributed by atoms with Crippen molar-refractivity contribution in [3.05, 3.63) is 53.8 Å². The predicted molar refractivity (Wildman–Crippen MR) is 114 cm³/mol. The molecule has 0 N–H and O–H groups in total. The largest absolute Gasteiger partial charge is 0.337 e. The first-order chi connectivity index (χ1) is 14.1. The van der Waals surface area contributed by atoms with Crippen molar-refractivity contribution in [1.82, 2.24) is 24.6 Å². The van der Waals surface area contributed by atoms with E-state index in [4.69, 9.17) is 0 Å². The lowest BCUT2D eigenvalue weighted by Gasteiger charge is -2.35. The van der Waals surface area contributed by atoms with Gasteiger partial charge in [0.1, 0.15) is 10.7 Å². The molecule has 0 spiro atoms. The van der Waals surface area contributed by atoms with Crippen LogP contribution in [0.1, 0.15) is 30.3 Å². The summed E-state index contributed by atoms with van der Waals surface area (Å²) in [6.07, 6.45) is 6.07. The second kappa shape index (κ2) is 7.39. The highest BCUT2D eigenvalue weighted by atomic mass is 32.1. The van der Waals surface area contributed by atoms with Crippen molar-refractivity contribution in [2.24, 2.45) is 5.92 Å². The Kier molecular flexibility index (Phi) is 4.72. The molecule has 3 heterocycles. The fourth-order valence-electron chi connectivity index (χ4n) is 4.87. The number of carbonyl (C=O) groups excluding carboxylic acids is 1. The maximum Gasteiger partial charge on any atom is 0.273 e. The number of benzene rings is 1. The summed E-state index contributed by atoms with van der Waals surface area (Å²) < 4.78 is 1.83. The summed E-state index contributed by atoms with van der Waals surface area (Å²) in [7, 11) is 1.94. The van der Waals surface area contributed by atoms with E-state index < -0.39 is 0 Å². The third-order valence-corrected chi connectivity index (χ3v) is 7.31. The molecule has 1 saturated heterocycles. The van der Waals surface area contributed by atoms with Gasteiger partial charge in [0.05, 0.1) is 11.9 Å². The molecule has 0 radical (unpaired) electrons. The van der Waals surface area contributed by atoms with Gasteiger partial charge in [-0.3, -0.25) is 4.79 Å². The topological polar surface area (TPSA) is 54.3 Å². The van der Waals surface area contributed by atoms with E-state index in [2.05, 4.69) is 21.9 Å². The zero-order valence-electron chi connectivity index (χ0n) is 16.7. The van der Waals surface area contributed by atoms with E-state index in [1.807, 2.05) is 58.5 Å². The molecule has 150 valence electrons. The maximum absolute atomic E-state index is 13.1. The Morgan fingerprint density at radius 2 is 2.10 bits per heavy atom. The Morgan fingerprint density at radius 3 is 2.83 bits per heavy atom. The minimum Gasteiger partial charge on any atom is -0.337 e. The number of aromatic nitrogens is 3. The number of fused-ring (bicyclic) bond motifs is 2. The number of likely N-dealkylation sites (tertiary alicyclic amines) is 1. The lowest BCUT2D eigenvalue weighted by molar-refractivity contribution is 0.0624. The van der Waals surface area contributed by atoms with Crippen molar-refractivity contribution in [1.29, 1.82) is 0 Å². The van der Waals surface area contributed by atoms with Crippen molar-refractivity contribution < 1.29 is 4.79 Å². The Labute approximate surface area is 174 Å². The molecule has 2 bridgehead atoms. The molecule has 6 nitrogen and oxygen atoms in total. The smallest absolute Gasteiger partial charge is 0.273 e. The minimum atomic E-state index is 0.0311. The zero-order valence-corrected chi connectivity index (χ0v) is 17.5. The van der Waals surface area contributed by atoms with Crippen LogP contribution in [0.4, 0.5) is 0 Å². The average Bonchev–Trinajstić information content (AvgIpc) is 3.55. The van der Waals surface area contributed by atoms with Crippen LogP contribution in [-0.2, 0) is 0 Å². The summed E-state index contributed by atoms with van der Waals surface area (Å²) in [5.74, 6) is 0.625. The Morgan fingerprint density at radius 1 is 1.28 bits per heavy atom. The van der Waals surface area contributed by atoms with E-state index in [1.54, 1.807) is 6.20 Å². The molecule has 1 amide bonds. The summed E-state index contributed by atoms with van der Waals surface area (Å²) >= 11 is 1.50. The molecule has 2 aromatic heterocycles. The van der Waals surface area contributed by atoms with E-state index in [-0.39, 0.29) is 5.91 Å². The number of piperidine rings is 1. The monoisotopic (exact) mass is 407 g/mol. The summed E-state index contributed by atoms with van der Waals surface area (Å²) in [5, 5.41) is 7.14. The van der Waals surface area contributed by atoms with E-state index in [0.29, 0.717) is 23.7 Å². The summed E-state index contributed by atoms with van der Waals surface area (Å²) in [6, 6.07) is 11.0. The van der Waals surface area contributed by atoms with E-state index in [0.717, 1.165) is 35.8 Å². The van der Waals surface area contributed by atoms with Gasteiger partial charge in [-0.05, 0) is 37.4 Å². The molecule has 1 aliphatic carbocycles. The molecular formula is C22H25N5OS. The van der Waals surface area contributed by atoms with Gasteiger partial charge >= 0.3 is 0 Å². The van der Waals surface area contributed by atoms with Crippen LogP contribution >= 0.6 is 11.3 Å². The highest BCUT2D eigenvalue weighted by Gasteiger charge is 2.46. The molecule has 3 aromatic rings. The van der Waals surface area contributed by atoms with Crippen molar-refractivity contribution in [2.75, 3.05) is 20.1 Å². The molecule has 1 aromatic carbocycles. The summed E-state index contributed by atoms with van der Waals surface area (Å²) in [6.45, 7) is 4.45. The highest BCUT2D eigenvalue weighted by Crippen LogP contribution is 2.40. The summed E-state index contributed by atoms with van der Waals surface area (Å²) in [4.78, 5) is 22.2. The maximum atomic E-state index is 13.1. The van der Waals surface area contributed by atoms with E-state index >= 15 is 0 Å². The van der Waals surface area contributed by atoms with Crippen molar-refractivity contribution in [3.8, 4) is 16.3 Å². The van der Waals surface area contributed by atoms with Crippen molar-refractivity contribution in [2.45, 2.75) is 31.8 Å². The van der Waals surface area contributed by atoms with Crippen LogP contribution in [0.5, 0.6) is 0 Å². The molecule has 5 rings (SSSR count). The molecule has 1 aliphatic heterocycles. The number of rotatable bonds is 5. The third kappa shape index (κ3) is 3.28. The normalized spacial score (nSPS) is 23.6. The number of para-hydroxylation sites is 1. The SMILES string of the molecule is CCN1C[C@@H]2C[C@H]1CC2N(C)C(=O)c1csc(-c2cnn(-c3ccccc3)c2)n1. The first-order valence-corrected chi connectivity index (χ1v) is 11.1. The number of carbonyl (C=O) groups is 1. The molecule has 2 fully saturated rings. The number of hydrogen-bond donors (Lipinski definition) is 0. The van der Waals surface area contributed by atoms with Crippen LogP contribution in [0.2, 0.25) is 0 Å². The second-order valence-electron chi connectivity index (χ2n) is 8.00. The molecule has 1 saturated carbocycles. The number of thiazole rings is 1. The Hall–Kier alpha value is -2.51. The Balaban J connectivity index is 1.30. The van der Waals surface area contributed by atoms with Gasteiger partial charge < -0.3 is 9.80 Å². The standard InChI is InChI=1S/C22H25N5OS/c1-3-26-12-15-9-18(26)10-20(15)25(2)22(28)19-14-29-21(24-19)16-11-23-27(13-16)17-7-5-4-6-8-17/h4-8,11,13-15,18,20H,3,9-10,12H2,1-2H3/t15-,18-,20?/m0/s1. The molecule has 1 unspecified atom stereocenters. The third-order valence-electron chi connectivity index (χ3n) is 6.42. The van der Waals surface area contributed by atoms with Gasteiger partial charge in [0.2, 0.25) is 0 Å². The van der Waals surface area contributed by atoms with Gasteiger partial charge in [0.25, 0.3) is 5.91 Å². The van der Waals surface area contributed by atoms with Crippen LogP contribution in [0.3, 0.4) is 0 Å². The predicted octanol–water partition coefficient (Wildman–Crippen LogP) is 3.55. The van der Waals surface area contributed by atoms with E-state index in [9.17, 15) is 4.79 Å². The minimum absolute atomic E-state index is 0.0311. The molecular weight excluding hydrogens is 382 g/mol. The van der Waals surface area contributed by atoms with Gasteiger partial charge in [-0.15, -0.1) is 11.3 Å². The fraction of sp³-hybridized carbons (Fsp3) is 0.409. The van der Waals surface area contributed by atoms with Gasteiger partial charge in [-0.2, -0.15) is 5.10 Å². The molecule has 3 atom stereocenters. The molecule has 2 aliphatic rings. The average molecular weight is 408 g/mol. The molecule has 29 heavy (non-hydrogen) atoms. The second-order valence-corrected chi connectivity index (χ2v) is 8.86. The van der Waals surface area contributed by atoms with Gasteiger partial charge in [-0.25, -0.2) is 9.67 Å². The number of amides is 1. The van der Waals surface area contributed by atoms with Crippen LogP contribution in [-0.4, -0.2) is 62.7 Å². The lowest BCUT2D eigenvalue weighted by atomic mass is 10.0. The van der Waals surface area contributed by atoms with Crippen LogP contribution in [0.15, 0.2) is 48.1 Å². The highest BCUT2D eigenvalue weighted by molar-refractivity contribution is 7.13. The van der Waals surface area contributed by atoms with E-state index in [1.165, 1.54) is 17.8 Å². The quantitative estimate of drug-likeness (QED) is 0.649. The fourth-order valence-corrected chi connectivity index (χ4v) is 5.64. The van der Waals surface area contributed by atoms with Crippen LogP contribution in [0, 0.1) is 5.92 Å². The zero-order chi connectivity index (χ0) is 20.0. The van der Waals surface area contributed by atoms with Gasteiger partial charge in [-0.1, -0.05) is 25.1 Å². The lowest BCUT2D eigenvalue weighted by Crippen LogP contribution is -2.46. The van der Waals surface area contributed by atoms with Gasteiger partial charge in [0, 0.05) is 42.8 Å².